The first-order chi connectivity index (χ1) is 9.34. The third kappa shape index (κ3) is 1.79. The van der Waals surface area contributed by atoms with Crippen molar-refractivity contribution < 1.29 is 19.2 Å². The molecule has 0 amide bonds. The molecule has 3 rings (SSSR count). The van der Waals surface area contributed by atoms with Crippen molar-refractivity contribution in [2.45, 2.75) is 52.7 Å². The lowest BCUT2D eigenvalue weighted by Crippen LogP contribution is -2.37. The Labute approximate surface area is 118 Å². The Morgan fingerprint density at radius 1 is 1.55 bits per heavy atom. The molecule has 0 aliphatic heterocycles. The number of aromatic carboxylic acids is 1. The molecular weight excluding hydrogens is 258 g/mol. The molecule has 0 radical (unpaired) electrons. The lowest BCUT2D eigenvalue weighted by molar-refractivity contribution is -0.0607. The molecule has 3 atom stereocenters. The van der Waals surface area contributed by atoms with E-state index in [1.807, 2.05) is 0 Å². The first-order valence-corrected chi connectivity index (χ1v) is 7.15. The highest BCUT2D eigenvalue weighted by Crippen LogP contribution is 2.66. The van der Waals surface area contributed by atoms with Gasteiger partial charge in [0.1, 0.15) is 6.61 Å². The van der Waals surface area contributed by atoms with Crippen molar-refractivity contribution in [3.05, 3.63) is 17.5 Å². The summed E-state index contributed by atoms with van der Waals surface area (Å²) in [6.45, 7) is 7.28. The predicted octanol–water partition coefficient (Wildman–Crippen LogP) is 3.10. The summed E-state index contributed by atoms with van der Waals surface area (Å²) in [5, 5.41) is 12.3. The van der Waals surface area contributed by atoms with Gasteiger partial charge in [-0.05, 0) is 36.0 Å². The minimum Gasteiger partial charge on any atom is -0.476 e. The van der Waals surface area contributed by atoms with Crippen LogP contribution in [0, 0.1) is 16.7 Å². The third-order valence-corrected chi connectivity index (χ3v) is 5.92. The van der Waals surface area contributed by atoms with E-state index in [2.05, 4.69) is 25.9 Å². The number of rotatable bonds is 4. The first kappa shape index (κ1) is 13.6. The molecular formula is C15H21NO4. The van der Waals surface area contributed by atoms with Gasteiger partial charge in [-0.1, -0.05) is 25.9 Å². The molecule has 1 N–H and O–H groups in total. The fraction of sp³-hybridized carbons (Fsp3) is 0.733. The van der Waals surface area contributed by atoms with Gasteiger partial charge in [0.2, 0.25) is 0 Å². The summed E-state index contributed by atoms with van der Waals surface area (Å²) in [5.41, 5.74) is 0.446. The van der Waals surface area contributed by atoms with E-state index >= 15 is 0 Å². The van der Waals surface area contributed by atoms with Crippen molar-refractivity contribution in [3.63, 3.8) is 0 Å². The van der Waals surface area contributed by atoms with E-state index in [0.717, 1.165) is 12.3 Å². The maximum Gasteiger partial charge on any atom is 0.358 e. The normalized spacial score (nSPS) is 34.5. The van der Waals surface area contributed by atoms with Crippen molar-refractivity contribution in [2.75, 3.05) is 0 Å². The number of aromatic nitrogens is 1. The summed E-state index contributed by atoms with van der Waals surface area (Å²) < 4.78 is 11.0. The molecule has 0 spiro atoms. The van der Waals surface area contributed by atoms with Crippen LogP contribution in [-0.4, -0.2) is 22.3 Å². The van der Waals surface area contributed by atoms with Gasteiger partial charge >= 0.3 is 5.97 Å². The fourth-order valence-electron chi connectivity index (χ4n) is 4.05. The van der Waals surface area contributed by atoms with Gasteiger partial charge in [0.25, 0.3) is 0 Å². The smallest absolute Gasteiger partial charge is 0.358 e. The van der Waals surface area contributed by atoms with E-state index in [0.29, 0.717) is 17.8 Å². The Morgan fingerprint density at radius 2 is 2.30 bits per heavy atom. The van der Waals surface area contributed by atoms with Gasteiger partial charge in [0, 0.05) is 6.07 Å². The average Bonchev–Trinajstić information content (AvgIpc) is 2.98. The fourth-order valence-corrected chi connectivity index (χ4v) is 4.05. The number of ether oxygens (including phenoxy) is 1. The van der Waals surface area contributed by atoms with Crippen molar-refractivity contribution in [1.82, 2.24) is 5.16 Å². The van der Waals surface area contributed by atoms with Crippen LogP contribution < -0.4 is 0 Å². The molecule has 5 heteroatoms. The van der Waals surface area contributed by atoms with Crippen molar-refractivity contribution in [2.24, 2.45) is 16.7 Å². The molecule has 0 saturated heterocycles. The summed E-state index contributed by atoms with van der Waals surface area (Å²) in [4.78, 5) is 10.8. The standard InChI is InChI=1S/C15H21NO4/c1-14(2)9-4-5-15(14,3)12(6-9)19-8-10-7-11(13(17)18)16-20-10/h7,9,12H,4-6,8H2,1-3H3,(H,17,18). The molecule has 2 fully saturated rings. The molecule has 20 heavy (non-hydrogen) atoms. The van der Waals surface area contributed by atoms with Gasteiger partial charge in [0.15, 0.2) is 11.5 Å². The number of nitrogens with zero attached hydrogens (tertiary/aromatic N) is 1. The SMILES string of the molecule is CC1(C)C2CCC1(C)C(OCc1cc(C(=O)O)no1)C2. The van der Waals surface area contributed by atoms with E-state index < -0.39 is 5.97 Å². The maximum absolute atomic E-state index is 10.8. The van der Waals surface area contributed by atoms with Crippen molar-refractivity contribution in [1.29, 1.82) is 0 Å². The van der Waals surface area contributed by atoms with Gasteiger partial charge < -0.3 is 14.4 Å². The minimum atomic E-state index is -1.08. The molecule has 2 bridgehead atoms. The van der Waals surface area contributed by atoms with Gasteiger partial charge in [-0.2, -0.15) is 0 Å². The van der Waals surface area contributed by atoms with Crippen LogP contribution in [0.5, 0.6) is 0 Å². The van der Waals surface area contributed by atoms with Crippen LogP contribution in [0.2, 0.25) is 0 Å². The van der Waals surface area contributed by atoms with Gasteiger partial charge in [-0.25, -0.2) is 4.79 Å². The number of carboxylic acids is 1. The first-order valence-electron chi connectivity index (χ1n) is 7.15. The Kier molecular flexibility index (Phi) is 2.94. The second-order valence-electron chi connectivity index (χ2n) is 6.89. The summed E-state index contributed by atoms with van der Waals surface area (Å²) >= 11 is 0. The van der Waals surface area contributed by atoms with Crippen LogP contribution in [0.1, 0.15) is 56.3 Å². The molecule has 0 aromatic carbocycles. The zero-order valence-corrected chi connectivity index (χ0v) is 12.2. The number of carbonyl (C=O) groups is 1. The zero-order valence-electron chi connectivity index (χ0n) is 12.2. The van der Waals surface area contributed by atoms with E-state index in [9.17, 15) is 4.79 Å². The number of hydrogen-bond donors (Lipinski definition) is 1. The highest BCUT2D eigenvalue weighted by Gasteiger charge is 2.61. The summed E-state index contributed by atoms with van der Waals surface area (Å²) in [5.74, 6) is 0.126. The summed E-state index contributed by atoms with van der Waals surface area (Å²) in [7, 11) is 0. The Balaban J connectivity index is 1.66. The third-order valence-electron chi connectivity index (χ3n) is 5.92. The van der Waals surface area contributed by atoms with Crippen LogP contribution in [-0.2, 0) is 11.3 Å². The highest BCUT2D eigenvalue weighted by molar-refractivity contribution is 5.85. The topological polar surface area (TPSA) is 72.6 Å². The Bertz CT molecular complexity index is 536. The minimum absolute atomic E-state index is 0.0666. The van der Waals surface area contributed by atoms with Crippen molar-refractivity contribution >= 4 is 5.97 Å². The van der Waals surface area contributed by atoms with Crippen LogP contribution >= 0.6 is 0 Å². The van der Waals surface area contributed by atoms with Gasteiger partial charge in [0.05, 0.1) is 6.10 Å². The van der Waals surface area contributed by atoms with E-state index in [4.69, 9.17) is 14.4 Å². The Hall–Kier alpha value is -1.36. The lowest BCUT2D eigenvalue weighted by atomic mass is 9.70. The van der Waals surface area contributed by atoms with E-state index in [1.54, 1.807) is 0 Å². The van der Waals surface area contributed by atoms with E-state index in [-0.39, 0.29) is 17.2 Å². The van der Waals surface area contributed by atoms with Crippen molar-refractivity contribution in [3.8, 4) is 0 Å². The lowest BCUT2D eigenvalue weighted by Gasteiger charge is -2.38. The largest absolute Gasteiger partial charge is 0.476 e. The predicted molar refractivity (Wildman–Crippen MR) is 71.3 cm³/mol. The highest BCUT2D eigenvalue weighted by atomic mass is 16.5. The molecule has 1 aromatic heterocycles. The zero-order chi connectivity index (χ0) is 14.5. The molecule has 2 aliphatic rings. The number of hydrogen-bond acceptors (Lipinski definition) is 4. The van der Waals surface area contributed by atoms with Crippen LogP contribution in [0.3, 0.4) is 0 Å². The maximum atomic E-state index is 10.8. The van der Waals surface area contributed by atoms with E-state index in [1.165, 1.54) is 18.9 Å². The average molecular weight is 279 g/mol. The molecule has 110 valence electrons. The Morgan fingerprint density at radius 3 is 2.80 bits per heavy atom. The summed E-state index contributed by atoms with van der Waals surface area (Å²) in [6, 6.07) is 1.43. The number of carboxylic acid groups (broad SMARTS) is 1. The molecule has 3 unspecified atom stereocenters. The van der Waals surface area contributed by atoms with Gasteiger partial charge in [-0.3, -0.25) is 0 Å². The molecule has 1 aromatic rings. The summed E-state index contributed by atoms with van der Waals surface area (Å²) in [6.07, 6.45) is 3.79. The molecule has 5 nitrogen and oxygen atoms in total. The second kappa shape index (κ2) is 4.32. The van der Waals surface area contributed by atoms with Gasteiger partial charge in [-0.15, -0.1) is 0 Å². The molecule has 2 saturated carbocycles. The molecule has 2 aliphatic carbocycles. The quantitative estimate of drug-likeness (QED) is 0.916. The van der Waals surface area contributed by atoms with Crippen LogP contribution in [0.15, 0.2) is 10.6 Å². The molecule has 1 heterocycles. The number of fused-ring (bicyclic) bond motifs is 2. The second-order valence-corrected chi connectivity index (χ2v) is 6.89. The van der Waals surface area contributed by atoms with Crippen LogP contribution in [0.25, 0.3) is 0 Å². The monoisotopic (exact) mass is 279 g/mol. The van der Waals surface area contributed by atoms with Crippen LogP contribution in [0.4, 0.5) is 0 Å².